The zero-order chi connectivity index (χ0) is 18.4. The molecule has 0 spiro atoms. The van der Waals surface area contributed by atoms with E-state index in [1.807, 2.05) is 4.90 Å². The second-order valence-corrected chi connectivity index (χ2v) is 9.04. The van der Waals surface area contributed by atoms with Gasteiger partial charge in [0.2, 0.25) is 21.9 Å². The van der Waals surface area contributed by atoms with Gasteiger partial charge in [0, 0.05) is 51.5 Å². The summed E-state index contributed by atoms with van der Waals surface area (Å²) in [6.45, 7) is 2.14. The van der Waals surface area contributed by atoms with Gasteiger partial charge in [-0.3, -0.25) is 4.79 Å². The summed E-state index contributed by atoms with van der Waals surface area (Å²) in [4.78, 5) is 22.3. The van der Waals surface area contributed by atoms with Crippen LogP contribution in [0.5, 0.6) is 0 Å². The lowest BCUT2D eigenvalue weighted by Gasteiger charge is -2.33. The second-order valence-electron chi connectivity index (χ2n) is 6.96. The van der Waals surface area contributed by atoms with Crippen molar-refractivity contribution in [3.63, 3.8) is 0 Å². The number of hydrogen-bond acceptors (Lipinski definition) is 6. The molecule has 0 unspecified atom stereocenters. The number of aromatic nitrogens is 2. The lowest BCUT2D eigenvalue weighted by molar-refractivity contribution is -0.121. The van der Waals surface area contributed by atoms with E-state index in [1.165, 1.54) is 17.1 Å². The predicted octanol–water partition coefficient (Wildman–Crippen LogP) is 0.625. The predicted molar refractivity (Wildman–Crippen MR) is 99.2 cm³/mol. The molecule has 1 aliphatic carbocycles. The number of piperazine rings is 1. The third kappa shape index (κ3) is 5.14. The molecule has 1 saturated carbocycles. The minimum atomic E-state index is -3.36. The Labute approximate surface area is 155 Å². The lowest BCUT2D eigenvalue weighted by atomic mass is 10.0. The summed E-state index contributed by atoms with van der Waals surface area (Å²) < 4.78 is 26.5. The highest BCUT2D eigenvalue weighted by Crippen LogP contribution is 2.27. The van der Waals surface area contributed by atoms with Crippen LogP contribution in [0.1, 0.15) is 32.1 Å². The van der Waals surface area contributed by atoms with Gasteiger partial charge in [0.05, 0.1) is 5.75 Å². The molecule has 0 atom stereocenters. The molecule has 2 heterocycles. The van der Waals surface area contributed by atoms with E-state index in [2.05, 4.69) is 15.3 Å². The second kappa shape index (κ2) is 8.77. The summed E-state index contributed by atoms with van der Waals surface area (Å²) in [5, 5.41) is 2.76. The molecule has 3 rings (SSSR count). The standard InChI is InChI=1S/C17H27N5O3S/c23-16(14-15-4-1-2-5-15)18-8-13-26(24,25)22-11-9-21(10-12-22)17-19-6-3-7-20-17/h3,6-7,15H,1-2,4-5,8-14H2,(H,18,23). The van der Waals surface area contributed by atoms with Crippen LogP contribution in [-0.2, 0) is 14.8 Å². The van der Waals surface area contributed by atoms with Gasteiger partial charge in [-0.2, -0.15) is 4.31 Å². The smallest absolute Gasteiger partial charge is 0.225 e. The molecule has 1 N–H and O–H groups in total. The van der Waals surface area contributed by atoms with E-state index in [9.17, 15) is 13.2 Å². The first-order chi connectivity index (χ1) is 12.5. The molecule has 1 aliphatic heterocycles. The Balaban J connectivity index is 1.40. The maximum Gasteiger partial charge on any atom is 0.225 e. The van der Waals surface area contributed by atoms with Crippen molar-refractivity contribution < 1.29 is 13.2 Å². The number of hydrogen-bond donors (Lipinski definition) is 1. The van der Waals surface area contributed by atoms with E-state index in [-0.39, 0.29) is 18.2 Å². The van der Waals surface area contributed by atoms with E-state index < -0.39 is 10.0 Å². The summed E-state index contributed by atoms with van der Waals surface area (Å²) in [5.41, 5.74) is 0. The normalized spacial score (nSPS) is 19.6. The van der Waals surface area contributed by atoms with Crippen molar-refractivity contribution in [2.75, 3.05) is 43.4 Å². The van der Waals surface area contributed by atoms with Crippen molar-refractivity contribution in [3.8, 4) is 0 Å². The molecule has 0 bridgehead atoms. The van der Waals surface area contributed by atoms with Crippen LogP contribution in [0.4, 0.5) is 5.95 Å². The summed E-state index contributed by atoms with van der Waals surface area (Å²) in [5.74, 6) is 1.02. The molecule has 1 amide bonds. The molecule has 0 radical (unpaired) electrons. The topological polar surface area (TPSA) is 95.5 Å². The number of carbonyl (C=O) groups excluding carboxylic acids is 1. The van der Waals surface area contributed by atoms with Gasteiger partial charge in [-0.1, -0.05) is 12.8 Å². The molecule has 2 fully saturated rings. The van der Waals surface area contributed by atoms with Gasteiger partial charge in [0.15, 0.2) is 0 Å². The summed E-state index contributed by atoms with van der Waals surface area (Å²) in [6.07, 6.45) is 8.51. The lowest BCUT2D eigenvalue weighted by Crippen LogP contribution is -2.50. The van der Waals surface area contributed by atoms with E-state index >= 15 is 0 Å². The van der Waals surface area contributed by atoms with Crippen LogP contribution in [0.3, 0.4) is 0 Å². The molecule has 1 saturated heterocycles. The molecular formula is C17H27N5O3S. The minimum Gasteiger partial charge on any atom is -0.355 e. The quantitative estimate of drug-likeness (QED) is 0.744. The first kappa shape index (κ1) is 19.0. The minimum absolute atomic E-state index is 0.0295. The number of anilines is 1. The Kier molecular flexibility index (Phi) is 6.42. The Bertz CT molecular complexity index is 684. The fourth-order valence-electron chi connectivity index (χ4n) is 3.62. The van der Waals surface area contributed by atoms with Gasteiger partial charge in [-0.25, -0.2) is 18.4 Å². The van der Waals surface area contributed by atoms with Gasteiger partial charge >= 0.3 is 0 Å². The van der Waals surface area contributed by atoms with Crippen LogP contribution in [-0.4, -0.2) is 67.1 Å². The van der Waals surface area contributed by atoms with Gasteiger partial charge in [0.1, 0.15) is 0 Å². The molecular weight excluding hydrogens is 354 g/mol. The average molecular weight is 382 g/mol. The number of nitrogens with zero attached hydrogens (tertiary/aromatic N) is 4. The average Bonchev–Trinajstić information content (AvgIpc) is 3.15. The summed E-state index contributed by atoms with van der Waals surface area (Å²) in [6, 6.07) is 1.76. The number of rotatable bonds is 7. The van der Waals surface area contributed by atoms with Gasteiger partial charge in [0.25, 0.3) is 0 Å². The number of carbonyl (C=O) groups is 1. The van der Waals surface area contributed by atoms with Crippen molar-refractivity contribution in [3.05, 3.63) is 18.5 Å². The first-order valence-electron chi connectivity index (χ1n) is 9.31. The number of amides is 1. The van der Waals surface area contributed by atoms with E-state index in [0.29, 0.717) is 44.5 Å². The van der Waals surface area contributed by atoms with Crippen molar-refractivity contribution in [2.45, 2.75) is 32.1 Å². The van der Waals surface area contributed by atoms with Crippen molar-refractivity contribution >= 4 is 21.9 Å². The van der Waals surface area contributed by atoms with E-state index in [0.717, 1.165) is 12.8 Å². The zero-order valence-corrected chi connectivity index (χ0v) is 15.8. The van der Waals surface area contributed by atoms with Crippen molar-refractivity contribution in [1.82, 2.24) is 19.6 Å². The van der Waals surface area contributed by atoms with Crippen molar-refractivity contribution in [1.29, 1.82) is 0 Å². The number of sulfonamides is 1. The SMILES string of the molecule is O=C(CC1CCCC1)NCCS(=O)(=O)N1CCN(c2ncccn2)CC1. The third-order valence-electron chi connectivity index (χ3n) is 5.10. The van der Waals surface area contributed by atoms with Gasteiger partial charge in [-0.05, 0) is 24.8 Å². The molecule has 8 nitrogen and oxygen atoms in total. The first-order valence-corrected chi connectivity index (χ1v) is 10.9. The zero-order valence-electron chi connectivity index (χ0n) is 15.0. The Hall–Kier alpha value is -1.74. The Morgan fingerprint density at radius 2 is 1.77 bits per heavy atom. The van der Waals surface area contributed by atoms with Crippen molar-refractivity contribution in [2.24, 2.45) is 5.92 Å². The van der Waals surface area contributed by atoms with Crippen LogP contribution in [0.15, 0.2) is 18.5 Å². The highest BCUT2D eigenvalue weighted by atomic mass is 32.2. The highest BCUT2D eigenvalue weighted by molar-refractivity contribution is 7.89. The van der Waals surface area contributed by atoms with E-state index in [4.69, 9.17) is 0 Å². The van der Waals surface area contributed by atoms with Crippen LogP contribution in [0, 0.1) is 5.92 Å². The van der Waals surface area contributed by atoms with Crippen LogP contribution in [0.25, 0.3) is 0 Å². The Morgan fingerprint density at radius 1 is 1.12 bits per heavy atom. The summed E-state index contributed by atoms with van der Waals surface area (Å²) in [7, 11) is -3.36. The van der Waals surface area contributed by atoms with E-state index in [1.54, 1.807) is 18.5 Å². The highest BCUT2D eigenvalue weighted by Gasteiger charge is 2.27. The molecule has 9 heteroatoms. The third-order valence-corrected chi connectivity index (χ3v) is 6.97. The fraction of sp³-hybridized carbons (Fsp3) is 0.706. The molecule has 1 aromatic rings. The maximum absolute atomic E-state index is 12.5. The fourth-order valence-corrected chi connectivity index (χ4v) is 4.96. The molecule has 2 aliphatic rings. The van der Waals surface area contributed by atoms with Crippen LogP contribution < -0.4 is 10.2 Å². The van der Waals surface area contributed by atoms with Crippen LogP contribution in [0.2, 0.25) is 0 Å². The Morgan fingerprint density at radius 3 is 2.42 bits per heavy atom. The summed E-state index contributed by atoms with van der Waals surface area (Å²) >= 11 is 0. The molecule has 0 aromatic carbocycles. The van der Waals surface area contributed by atoms with Gasteiger partial charge in [-0.15, -0.1) is 0 Å². The molecule has 1 aromatic heterocycles. The van der Waals surface area contributed by atoms with Crippen LogP contribution >= 0.6 is 0 Å². The largest absolute Gasteiger partial charge is 0.355 e. The maximum atomic E-state index is 12.5. The van der Waals surface area contributed by atoms with Gasteiger partial charge < -0.3 is 10.2 Å². The monoisotopic (exact) mass is 381 g/mol. The molecule has 26 heavy (non-hydrogen) atoms. The molecule has 144 valence electrons. The number of nitrogens with one attached hydrogen (secondary N) is 1.